The molecule has 0 spiro atoms. The Balaban J connectivity index is 2.36. The molecule has 0 saturated carbocycles. The Hall–Kier alpha value is -1.43. The third kappa shape index (κ3) is 5.83. The van der Waals surface area contributed by atoms with Crippen LogP contribution in [0.15, 0.2) is 4.52 Å². The van der Waals surface area contributed by atoms with Crippen LogP contribution in [0.4, 0.5) is 0 Å². The normalized spacial score (nSPS) is 13.3. The highest BCUT2D eigenvalue weighted by molar-refractivity contribution is 5.78. The molecular formula is C13H24N4O2. The van der Waals surface area contributed by atoms with Gasteiger partial charge in [-0.1, -0.05) is 25.9 Å². The van der Waals surface area contributed by atoms with Crippen LogP contribution >= 0.6 is 0 Å². The summed E-state index contributed by atoms with van der Waals surface area (Å²) in [5.74, 6) is 0.997. The largest absolute Gasteiger partial charge is 0.355 e. The molecule has 0 bridgehead atoms. The lowest BCUT2D eigenvalue weighted by atomic mass is 9.84. The smallest absolute Gasteiger partial charge is 0.224 e. The summed E-state index contributed by atoms with van der Waals surface area (Å²) < 4.78 is 4.86. The molecule has 1 atom stereocenters. The Morgan fingerprint density at radius 1 is 1.47 bits per heavy atom. The minimum atomic E-state index is -0.146. The van der Waals surface area contributed by atoms with Crippen molar-refractivity contribution in [2.45, 2.75) is 40.5 Å². The van der Waals surface area contributed by atoms with Crippen LogP contribution in [0.5, 0.6) is 0 Å². The summed E-state index contributed by atoms with van der Waals surface area (Å²) in [6.07, 6.45) is 1.34. The van der Waals surface area contributed by atoms with Gasteiger partial charge in [-0.3, -0.25) is 4.79 Å². The number of carbonyl (C=O) groups is 1. The maximum Gasteiger partial charge on any atom is 0.224 e. The van der Waals surface area contributed by atoms with E-state index in [0.717, 1.165) is 6.42 Å². The predicted molar refractivity (Wildman–Crippen MR) is 72.4 cm³/mol. The van der Waals surface area contributed by atoms with E-state index >= 15 is 0 Å². The Morgan fingerprint density at radius 2 is 2.16 bits per heavy atom. The van der Waals surface area contributed by atoms with E-state index in [-0.39, 0.29) is 17.2 Å². The number of hydrogen-bond acceptors (Lipinski definition) is 5. The van der Waals surface area contributed by atoms with Gasteiger partial charge in [0.05, 0.1) is 5.92 Å². The van der Waals surface area contributed by atoms with Crippen molar-refractivity contribution in [2.75, 3.05) is 13.1 Å². The maximum atomic E-state index is 12.0. The maximum absolute atomic E-state index is 12.0. The molecule has 19 heavy (non-hydrogen) atoms. The van der Waals surface area contributed by atoms with Crippen LogP contribution in [0.1, 0.15) is 38.9 Å². The quantitative estimate of drug-likeness (QED) is 0.804. The van der Waals surface area contributed by atoms with Crippen LogP contribution in [-0.2, 0) is 11.2 Å². The molecule has 0 aliphatic rings. The van der Waals surface area contributed by atoms with Gasteiger partial charge in [-0.2, -0.15) is 4.98 Å². The number of nitrogens with one attached hydrogen (secondary N) is 1. The SMILES string of the molecule is Cc1nc(CCNC(=O)C(CN)CC(C)(C)C)no1. The van der Waals surface area contributed by atoms with Crippen molar-refractivity contribution in [3.8, 4) is 0 Å². The first-order valence-corrected chi connectivity index (χ1v) is 6.59. The molecule has 1 heterocycles. The van der Waals surface area contributed by atoms with E-state index in [9.17, 15) is 4.79 Å². The molecule has 6 heteroatoms. The van der Waals surface area contributed by atoms with E-state index in [2.05, 4.69) is 36.2 Å². The summed E-state index contributed by atoms with van der Waals surface area (Å²) in [5, 5.41) is 6.65. The van der Waals surface area contributed by atoms with Crippen molar-refractivity contribution >= 4 is 5.91 Å². The molecule has 108 valence electrons. The Labute approximate surface area is 114 Å². The lowest BCUT2D eigenvalue weighted by Crippen LogP contribution is -2.38. The summed E-state index contributed by atoms with van der Waals surface area (Å²) in [4.78, 5) is 16.1. The molecule has 0 fully saturated rings. The van der Waals surface area contributed by atoms with Gasteiger partial charge in [0.2, 0.25) is 11.8 Å². The third-order valence-electron chi connectivity index (χ3n) is 2.73. The minimum Gasteiger partial charge on any atom is -0.355 e. The molecule has 1 aromatic heterocycles. The van der Waals surface area contributed by atoms with E-state index in [0.29, 0.717) is 31.2 Å². The zero-order valence-electron chi connectivity index (χ0n) is 12.2. The van der Waals surface area contributed by atoms with Crippen molar-refractivity contribution in [1.82, 2.24) is 15.5 Å². The fourth-order valence-corrected chi connectivity index (χ4v) is 1.91. The Bertz CT molecular complexity index is 409. The summed E-state index contributed by atoms with van der Waals surface area (Å²) in [6.45, 7) is 8.91. The summed E-state index contributed by atoms with van der Waals surface area (Å²) in [6, 6.07) is 0. The number of hydrogen-bond donors (Lipinski definition) is 2. The van der Waals surface area contributed by atoms with Crippen molar-refractivity contribution in [2.24, 2.45) is 17.1 Å². The molecule has 0 aliphatic carbocycles. The molecule has 0 radical (unpaired) electrons. The van der Waals surface area contributed by atoms with Crippen LogP contribution in [0.25, 0.3) is 0 Å². The number of aromatic nitrogens is 2. The van der Waals surface area contributed by atoms with Crippen LogP contribution in [0, 0.1) is 18.3 Å². The van der Waals surface area contributed by atoms with E-state index < -0.39 is 0 Å². The molecule has 1 rings (SSSR count). The second-order valence-electron chi connectivity index (χ2n) is 5.97. The van der Waals surface area contributed by atoms with Gasteiger partial charge in [0.25, 0.3) is 0 Å². The van der Waals surface area contributed by atoms with Crippen LogP contribution in [-0.4, -0.2) is 29.1 Å². The number of aryl methyl sites for hydroxylation is 1. The highest BCUT2D eigenvalue weighted by atomic mass is 16.5. The molecule has 0 aromatic carbocycles. The second kappa shape index (κ2) is 6.65. The topological polar surface area (TPSA) is 94.0 Å². The van der Waals surface area contributed by atoms with Gasteiger partial charge in [0, 0.05) is 26.4 Å². The summed E-state index contributed by atoms with van der Waals surface area (Å²) in [7, 11) is 0. The monoisotopic (exact) mass is 268 g/mol. The summed E-state index contributed by atoms with van der Waals surface area (Å²) >= 11 is 0. The average Bonchev–Trinajstić information content (AvgIpc) is 2.70. The molecule has 6 nitrogen and oxygen atoms in total. The number of amides is 1. The highest BCUT2D eigenvalue weighted by Gasteiger charge is 2.23. The summed E-state index contributed by atoms with van der Waals surface area (Å²) in [5.41, 5.74) is 5.76. The first-order chi connectivity index (χ1) is 8.81. The van der Waals surface area contributed by atoms with E-state index in [1.54, 1.807) is 6.92 Å². The molecule has 0 aliphatic heterocycles. The van der Waals surface area contributed by atoms with Crippen LogP contribution in [0.3, 0.4) is 0 Å². The molecule has 3 N–H and O–H groups in total. The van der Waals surface area contributed by atoms with Gasteiger partial charge in [-0.15, -0.1) is 0 Å². The zero-order chi connectivity index (χ0) is 14.5. The molecule has 0 saturated heterocycles. The molecule has 1 amide bonds. The first-order valence-electron chi connectivity index (χ1n) is 6.59. The van der Waals surface area contributed by atoms with Gasteiger partial charge >= 0.3 is 0 Å². The van der Waals surface area contributed by atoms with Crippen LogP contribution in [0.2, 0.25) is 0 Å². The van der Waals surface area contributed by atoms with Gasteiger partial charge in [-0.05, 0) is 11.8 Å². The second-order valence-corrected chi connectivity index (χ2v) is 5.97. The van der Waals surface area contributed by atoms with E-state index in [4.69, 9.17) is 10.3 Å². The highest BCUT2D eigenvalue weighted by Crippen LogP contribution is 2.23. The Kier molecular flexibility index (Phi) is 5.47. The van der Waals surface area contributed by atoms with Crippen LogP contribution < -0.4 is 11.1 Å². The van der Waals surface area contributed by atoms with Crippen molar-refractivity contribution in [1.29, 1.82) is 0 Å². The van der Waals surface area contributed by atoms with Crippen molar-refractivity contribution < 1.29 is 9.32 Å². The predicted octanol–water partition coefficient (Wildman–Crippen LogP) is 1.05. The lowest BCUT2D eigenvalue weighted by molar-refractivity contribution is -0.125. The van der Waals surface area contributed by atoms with Gasteiger partial charge in [0.15, 0.2) is 5.82 Å². The fourth-order valence-electron chi connectivity index (χ4n) is 1.91. The minimum absolute atomic E-state index is 0.00218. The van der Waals surface area contributed by atoms with E-state index in [1.165, 1.54) is 0 Å². The number of nitrogens with two attached hydrogens (primary N) is 1. The van der Waals surface area contributed by atoms with Gasteiger partial charge < -0.3 is 15.6 Å². The number of nitrogens with zero attached hydrogens (tertiary/aromatic N) is 2. The third-order valence-corrected chi connectivity index (χ3v) is 2.73. The molecule has 1 aromatic rings. The van der Waals surface area contributed by atoms with E-state index in [1.807, 2.05) is 0 Å². The zero-order valence-corrected chi connectivity index (χ0v) is 12.2. The number of carbonyl (C=O) groups excluding carboxylic acids is 1. The number of rotatable bonds is 6. The standard InChI is InChI=1S/C13H24N4O2/c1-9-16-11(17-19-9)5-6-15-12(18)10(8-14)7-13(2,3)4/h10H,5-8,14H2,1-4H3,(H,15,18). The average molecular weight is 268 g/mol. The molecular weight excluding hydrogens is 244 g/mol. The lowest BCUT2D eigenvalue weighted by Gasteiger charge is -2.24. The van der Waals surface area contributed by atoms with Gasteiger partial charge in [0.1, 0.15) is 0 Å². The first kappa shape index (κ1) is 15.6. The fraction of sp³-hybridized carbons (Fsp3) is 0.769. The van der Waals surface area contributed by atoms with Gasteiger partial charge in [-0.25, -0.2) is 0 Å². The van der Waals surface area contributed by atoms with Crippen molar-refractivity contribution in [3.05, 3.63) is 11.7 Å². The van der Waals surface area contributed by atoms with Crippen molar-refractivity contribution in [3.63, 3.8) is 0 Å². The Morgan fingerprint density at radius 3 is 2.63 bits per heavy atom. The molecule has 1 unspecified atom stereocenters.